The first-order valence-electron chi connectivity index (χ1n) is 11.8. The molecule has 1 aromatic rings. The maximum absolute atomic E-state index is 4.96. The molecule has 1 aliphatic carbocycles. The second-order valence-corrected chi connectivity index (χ2v) is 10.5. The zero-order valence-electron chi connectivity index (χ0n) is 20.3. The van der Waals surface area contributed by atoms with Crippen molar-refractivity contribution in [2.75, 3.05) is 58.8 Å². The average Bonchev–Trinajstić information content (AvgIpc) is 2.73. The number of rotatable bonds is 10. The standard InChI is InChI=1S/C26H40N4S/c1-7-15-29(16-8-2)22-12-14-24-26(20-22)31-25-19-21(11-13-23(25)27-24)28(9-3)17-10-18-30(4,5)6/h11-14,19-20H,7-10,15-18H2,1-6H3/q+2. The highest BCUT2D eigenvalue weighted by molar-refractivity contribution is 7.21. The van der Waals surface area contributed by atoms with Gasteiger partial charge < -0.3 is 9.38 Å². The van der Waals surface area contributed by atoms with Crippen LogP contribution in [0.5, 0.6) is 0 Å². The van der Waals surface area contributed by atoms with Crippen molar-refractivity contribution in [3.05, 3.63) is 41.8 Å². The predicted molar refractivity (Wildman–Crippen MR) is 137 cm³/mol. The van der Waals surface area contributed by atoms with Crippen LogP contribution in [0.3, 0.4) is 0 Å². The molecule has 1 heterocycles. The summed E-state index contributed by atoms with van der Waals surface area (Å²) in [5.74, 6) is 0. The van der Waals surface area contributed by atoms with Crippen LogP contribution in [0.25, 0.3) is 20.8 Å². The second kappa shape index (κ2) is 10.6. The summed E-state index contributed by atoms with van der Waals surface area (Å²) in [5, 5.41) is 1.32. The van der Waals surface area contributed by atoms with Gasteiger partial charge in [0.25, 0.3) is 0 Å². The van der Waals surface area contributed by atoms with Crippen molar-refractivity contribution in [1.82, 2.24) is 9.56 Å². The van der Waals surface area contributed by atoms with E-state index in [-0.39, 0.29) is 0 Å². The van der Waals surface area contributed by atoms with Gasteiger partial charge in [0.05, 0.1) is 48.5 Å². The third kappa shape index (κ3) is 6.27. The molecule has 1 aromatic carbocycles. The molecule has 0 bridgehead atoms. The van der Waals surface area contributed by atoms with Gasteiger partial charge in [-0.15, -0.1) is 11.3 Å². The van der Waals surface area contributed by atoms with Crippen LogP contribution < -0.4 is 14.8 Å². The van der Waals surface area contributed by atoms with Crippen molar-refractivity contribution in [2.45, 2.75) is 40.0 Å². The van der Waals surface area contributed by atoms with Crippen molar-refractivity contribution in [2.24, 2.45) is 0 Å². The van der Waals surface area contributed by atoms with E-state index in [1.54, 1.807) is 0 Å². The van der Waals surface area contributed by atoms with Gasteiger partial charge in [0.15, 0.2) is 0 Å². The van der Waals surface area contributed by atoms with Gasteiger partial charge in [0.1, 0.15) is 13.1 Å². The minimum atomic E-state index is 1.02. The molecule has 0 aromatic heterocycles. The van der Waals surface area contributed by atoms with Gasteiger partial charge in [0, 0.05) is 50.2 Å². The summed E-state index contributed by atoms with van der Waals surface area (Å²) in [6.07, 6.45) is 3.53. The molecule has 3 rings (SSSR count). The van der Waals surface area contributed by atoms with E-state index in [4.69, 9.17) is 4.98 Å². The largest absolute Gasteiger partial charge is 0.372 e. The summed E-state index contributed by atoms with van der Waals surface area (Å²) < 4.78 is 4.78. The normalized spacial score (nSPS) is 11.9. The minimum Gasteiger partial charge on any atom is -0.372 e. The first-order valence-corrected chi connectivity index (χ1v) is 12.6. The maximum Gasteiger partial charge on any atom is 0.201 e. The summed E-state index contributed by atoms with van der Waals surface area (Å²) in [4.78, 5) is 8.73. The highest BCUT2D eigenvalue weighted by atomic mass is 32.1. The summed E-state index contributed by atoms with van der Waals surface area (Å²) in [6, 6.07) is 13.5. The molecule has 2 aliphatic rings. The van der Waals surface area contributed by atoms with Gasteiger partial charge in [-0.05, 0) is 31.2 Å². The Labute approximate surface area is 192 Å². The van der Waals surface area contributed by atoms with E-state index in [0.29, 0.717) is 0 Å². The van der Waals surface area contributed by atoms with Crippen molar-refractivity contribution in [3.8, 4) is 10.6 Å². The summed E-state index contributed by atoms with van der Waals surface area (Å²) in [5.41, 5.74) is 3.50. The maximum atomic E-state index is 4.96. The van der Waals surface area contributed by atoms with Crippen LogP contribution in [0.2, 0.25) is 0 Å². The number of hydrogen-bond donors (Lipinski definition) is 0. The Morgan fingerprint density at radius 2 is 1.71 bits per heavy atom. The number of benzene rings is 2. The Kier molecular flexibility index (Phi) is 8.06. The van der Waals surface area contributed by atoms with E-state index in [2.05, 4.69) is 87.8 Å². The molecule has 0 spiro atoms. The highest BCUT2D eigenvalue weighted by Crippen LogP contribution is 2.32. The molecular weight excluding hydrogens is 400 g/mol. The molecule has 0 fully saturated rings. The number of fused-ring (bicyclic) bond motifs is 2. The zero-order chi connectivity index (χ0) is 22.4. The lowest BCUT2D eigenvalue weighted by molar-refractivity contribution is -0.870. The van der Waals surface area contributed by atoms with E-state index >= 15 is 0 Å². The molecule has 0 N–H and O–H groups in total. The number of aromatic nitrogens is 1. The van der Waals surface area contributed by atoms with E-state index in [1.165, 1.54) is 46.4 Å². The topological polar surface area (TPSA) is 19.1 Å². The fourth-order valence-corrected chi connectivity index (χ4v) is 5.14. The Bertz CT molecular complexity index is 1020. The van der Waals surface area contributed by atoms with Crippen molar-refractivity contribution < 1.29 is 4.48 Å². The number of anilines is 1. The molecule has 1 aliphatic heterocycles. The number of quaternary nitrogens is 1. The molecule has 168 valence electrons. The highest BCUT2D eigenvalue weighted by Gasteiger charge is 2.13. The Morgan fingerprint density at radius 3 is 2.35 bits per heavy atom. The van der Waals surface area contributed by atoms with Crippen LogP contribution in [-0.4, -0.2) is 63.3 Å². The molecule has 0 atom stereocenters. The van der Waals surface area contributed by atoms with Crippen LogP contribution in [0.15, 0.2) is 36.4 Å². The van der Waals surface area contributed by atoms with Crippen LogP contribution in [0.4, 0.5) is 5.69 Å². The molecule has 0 unspecified atom stereocenters. The Morgan fingerprint density at radius 1 is 0.968 bits per heavy atom. The fourth-order valence-electron chi connectivity index (χ4n) is 4.11. The smallest absolute Gasteiger partial charge is 0.201 e. The van der Waals surface area contributed by atoms with E-state index in [1.807, 2.05) is 11.3 Å². The third-order valence-electron chi connectivity index (χ3n) is 5.70. The van der Waals surface area contributed by atoms with Crippen LogP contribution in [0, 0.1) is 0 Å². The molecule has 5 heteroatoms. The lowest BCUT2D eigenvalue weighted by Gasteiger charge is -2.27. The Hall–Kier alpha value is -1.98. The van der Waals surface area contributed by atoms with Crippen molar-refractivity contribution in [1.29, 1.82) is 0 Å². The SMILES string of the molecule is CCC[N+](CCC)=c1ccc2nc3ccc(N(CC)CCC[N+](C)(C)C)cc3sc-2c1. The van der Waals surface area contributed by atoms with Crippen LogP contribution in [0.1, 0.15) is 40.0 Å². The molecule has 0 radical (unpaired) electrons. The molecular formula is C26H40N4S+2. The predicted octanol–water partition coefficient (Wildman–Crippen LogP) is 4.92. The average molecular weight is 441 g/mol. The van der Waals surface area contributed by atoms with Crippen LogP contribution in [-0.2, 0) is 0 Å². The van der Waals surface area contributed by atoms with Gasteiger partial charge in [-0.3, -0.25) is 0 Å². The quantitative estimate of drug-likeness (QED) is 0.253. The van der Waals surface area contributed by atoms with Gasteiger partial charge in [0.2, 0.25) is 5.36 Å². The van der Waals surface area contributed by atoms with Crippen LogP contribution >= 0.6 is 11.3 Å². The van der Waals surface area contributed by atoms with E-state index < -0.39 is 0 Å². The van der Waals surface area contributed by atoms with Gasteiger partial charge in [-0.25, -0.2) is 9.56 Å². The van der Waals surface area contributed by atoms with Gasteiger partial charge >= 0.3 is 0 Å². The first-order chi connectivity index (χ1) is 14.8. The molecule has 0 saturated carbocycles. The fraction of sp³-hybridized carbons (Fsp3) is 0.538. The number of hydrogen-bond acceptors (Lipinski definition) is 3. The molecule has 0 saturated heterocycles. The summed E-state index contributed by atoms with van der Waals surface area (Å²) in [7, 11) is 6.80. The molecule has 0 amide bonds. The van der Waals surface area contributed by atoms with Crippen molar-refractivity contribution in [3.63, 3.8) is 0 Å². The summed E-state index contributed by atoms with van der Waals surface area (Å²) in [6.45, 7) is 12.3. The second-order valence-electron chi connectivity index (χ2n) is 9.45. The lowest BCUT2D eigenvalue weighted by Crippen LogP contribution is -2.37. The number of nitrogens with zero attached hydrogens (tertiary/aromatic N) is 4. The van der Waals surface area contributed by atoms with E-state index in [0.717, 1.165) is 41.9 Å². The first kappa shape index (κ1) is 23.7. The Balaban J connectivity index is 1.96. The third-order valence-corrected chi connectivity index (χ3v) is 6.80. The van der Waals surface area contributed by atoms with Crippen molar-refractivity contribution >= 4 is 27.2 Å². The lowest BCUT2D eigenvalue weighted by atomic mass is 10.2. The van der Waals surface area contributed by atoms with Gasteiger partial charge in [-0.2, -0.15) is 0 Å². The summed E-state index contributed by atoms with van der Waals surface area (Å²) >= 11 is 1.87. The monoisotopic (exact) mass is 440 g/mol. The van der Waals surface area contributed by atoms with E-state index in [9.17, 15) is 0 Å². The van der Waals surface area contributed by atoms with Gasteiger partial charge in [-0.1, -0.05) is 13.8 Å². The minimum absolute atomic E-state index is 1.02. The molecule has 4 nitrogen and oxygen atoms in total. The zero-order valence-corrected chi connectivity index (χ0v) is 21.1. The molecule has 31 heavy (non-hydrogen) atoms.